The Balaban J connectivity index is 1.46. The first kappa shape index (κ1) is 18.1. The quantitative estimate of drug-likeness (QED) is 0.837. The molecule has 0 saturated carbocycles. The van der Waals surface area contributed by atoms with Gasteiger partial charge in [0.05, 0.1) is 24.6 Å². The van der Waals surface area contributed by atoms with Crippen LogP contribution in [0.5, 0.6) is 0 Å². The first-order valence-corrected chi connectivity index (χ1v) is 9.05. The van der Waals surface area contributed by atoms with Gasteiger partial charge < -0.3 is 24.6 Å². The summed E-state index contributed by atoms with van der Waals surface area (Å²) in [6, 6.07) is 3.85. The molecule has 25 heavy (non-hydrogen) atoms. The molecule has 0 radical (unpaired) electrons. The number of ether oxygens (including phenoxy) is 2. The maximum atomic E-state index is 12.2. The van der Waals surface area contributed by atoms with E-state index in [0.717, 1.165) is 51.3 Å². The molecule has 3 rings (SSSR count). The molecule has 0 spiro atoms. The molecule has 7 heteroatoms. The number of pyridine rings is 1. The van der Waals surface area contributed by atoms with E-state index in [2.05, 4.69) is 27.1 Å². The molecular formula is C18H28N4O3. The van der Waals surface area contributed by atoms with E-state index >= 15 is 0 Å². The highest BCUT2D eigenvalue weighted by Crippen LogP contribution is 2.17. The third-order valence-corrected chi connectivity index (χ3v) is 4.79. The van der Waals surface area contributed by atoms with Crippen molar-refractivity contribution in [3.8, 4) is 0 Å². The van der Waals surface area contributed by atoms with Gasteiger partial charge in [-0.1, -0.05) is 0 Å². The Morgan fingerprint density at radius 2 is 2.20 bits per heavy atom. The minimum Gasteiger partial charge on any atom is -0.376 e. The molecule has 2 aliphatic heterocycles. The third-order valence-electron chi connectivity index (χ3n) is 4.79. The van der Waals surface area contributed by atoms with Gasteiger partial charge in [0.25, 0.3) is 5.91 Å². The SMILES string of the molecule is C[C@H](OC[C@@H]1CCCO1)C(=O)Nc1ccc(N2CCN(C)CC2)cn1. The van der Waals surface area contributed by atoms with Crippen molar-refractivity contribution in [2.75, 3.05) is 56.7 Å². The maximum Gasteiger partial charge on any atom is 0.254 e. The Hall–Kier alpha value is -1.70. The van der Waals surface area contributed by atoms with E-state index in [1.165, 1.54) is 0 Å². The number of aromatic nitrogens is 1. The Morgan fingerprint density at radius 1 is 1.40 bits per heavy atom. The minimum atomic E-state index is -0.525. The zero-order chi connectivity index (χ0) is 17.6. The highest BCUT2D eigenvalue weighted by Gasteiger charge is 2.20. The van der Waals surface area contributed by atoms with Crippen molar-refractivity contribution in [3.05, 3.63) is 18.3 Å². The van der Waals surface area contributed by atoms with Gasteiger partial charge in [0.2, 0.25) is 0 Å². The van der Waals surface area contributed by atoms with Gasteiger partial charge >= 0.3 is 0 Å². The van der Waals surface area contributed by atoms with Gasteiger partial charge in [0.15, 0.2) is 0 Å². The summed E-state index contributed by atoms with van der Waals surface area (Å²) in [4.78, 5) is 21.2. The number of nitrogens with one attached hydrogen (secondary N) is 1. The van der Waals surface area contributed by atoms with Crippen LogP contribution in [-0.2, 0) is 14.3 Å². The van der Waals surface area contributed by atoms with Gasteiger partial charge in [-0.15, -0.1) is 0 Å². The summed E-state index contributed by atoms with van der Waals surface area (Å²) in [5, 5.41) is 2.81. The van der Waals surface area contributed by atoms with Crippen LogP contribution in [0.25, 0.3) is 0 Å². The summed E-state index contributed by atoms with van der Waals surface area (Å²) < 4.78 is 11.1. The molecule has 0 bridgehead atoms. The van der Waals surface area contributed by atoms with Gasteiger partial charge in [-0.2, -0.15) is 0 Å². The molecule has 7 nitrogen and oxygen atoms in total. The Kier molecular flexibility index (Phi) is 6.23. The molecule has 2 fully saturated rings. The molecule has 3 heterocycles. The van der Waals surface area contributed by atoms with Crippen LogP contribution in [0.2, 0.25) is 0 Å². The summed E-state index contributed by atoms with van der Waals surface area (Å²) in [5.41, 5.74) is 1.09. The van der Waals surface area contributed by atoms with Crippen LogP contribution in [0, 0.1) is 0 Å². The van der Waals surface area contributed by atoms with E-state index in [0.29, 0.717) is 12.4 Å². The second-order valence-electron chi connectivity index (χ2n) is 6.79. The lowest BCUT2D eigenvalue weighted by Gasteiger charge is -2.33. The molecule has 2 atom stereocenters. The molecule has 2 saturated heterocycles. The predicted molar refractivity (Wildman–Crippen MR) is 97.0 cm³/mol. The Morgan fingerprint density at radius 3 is 2.84 bits per heavy atom. The van der Waals surface area contributed by atoms with Gasteiger partial charge in [-0.3, -0.25) is 4.79 Å². The molecule has 2 aliphatic rings. The maximum absolute atomic E-state index is 12.2. The molecular weight excluding hydrogens is 320 g/mol. The van der Waals surface area contributed by atoms with Crippen LogP contribution in [-0.4, -0.2) is 74.4 Å². The molecule has 0 aliphatic carbocycles. The van der Waals surface area contributed by atoms with Gasteiger partial charge in [0.1, 0.15) is 11.9 Å². The number of hydrogen-bond acceptors (Lipinski definition) is 6. The Bertz CT molecular complexity index is 552. The first-order valence-electron chi connectivity index (χ1n) is 9.05. The van der Waals surface area contributed by atoms with Crippen LogP contribution in [0.1, 0.15) is 19.8 Å². The molecule has 0 unspecified atom stereocenters. The zero-order valence-corrected chi connectivity index (χ0v) is 15.1. The van der Waals surface area contributed by atoms with Crippen molar-refractivity contribution in [1.82, 2.24) is 9.88 Å². The summed E-state index contributed by atoms with van der Waals surface area (Å²) >= 11 is 0. The Labute approximate surface area is 149 Å². The number of hydrogen-bond donors (Lipinski definition) is 1. The number of nitrogens with zero attached hydrogens (tertiary/aromatic N) is 3. The van der Waals surface area contributed by atoms with Crippen LogP contribution in [0.4, 0.5) is 11.5 Å². The highest BCUT2D eigenvalue weighted by atomic mass is 16.5. The van der Waals surface area contributed by atoms with Crippen LogP contribution in [0.3, 0.4) is 0 Å². The lowest BCUT2D eigenvalue weighted by atomic mass is 10.2. The van der Waals surface area contributed by atoms with Crippen LogP contribution in [0.15, 0.2) is 18.3 Å². The second kappa shape index (κ2) is 8.60. The number of likely N-dealkylation sites (N-methyl/N-ethyl adjacent to an activating group) is 1. The fraction of sp³-hybridized carbons (Fsp3) is 0.667. The van der Waals surface area contributed by atoms with E-state index < -0.39 is 6.10 Å². The normalized spacial score (nSPS) is 22.8. The predicted octanol–water partition coefficient (Wildman–Crippen LogP) is 1.36. The van der Waals surface area contributed by atoms with Gasteiger partial charge in [-0.05, 0) is 38.9 Å². The van der Waals surface area contributed by atoms with E-state index in [9.17, 15) is 4.79 Å². The summed E-state index contributed by atoms with van der Waals surface area (Å²) in [6.45, 7) is 7.11. The summed E-state index contributed by atoms with van der Waals surface area (Å²) in [5.74, 6) is 0.369. The summed E-state index contributed by atoms with van der Waals surface area (Å²) in [7, 11) is 2.14. The van der Waals surface area contributed by atoms with Crippen molar-refractivity contribution < 1.29 is 14.3 Å². The molecule has 1 aromatic rings. The summed E-state index contributed by atoms with van der Waals surface area (Å²) in [6.07, 6.45) is 3.49. The monoisotopic (exact) mass is 348 g/mol. The standard InChI is InChI=1S/C18H28N4O3/c1-14(25-13-16-4-3-11-24-16)18(23)20-17-6-5-15(12-19-17)22-9-7-21(2)8-10-22/h5-6,12,14,16H,3-4,7-11,13H2,1-2H3,(H,19,20,23)/t14-,16-/m0/s1. The average molecular weight is 348 g/mol. The number of anilines is 2. The van der Waals surface area contributed by atoms with Crippen molar-refractivity contribution in [2.45, 2.75) is 32.0 Å². The number of carbonyl (C=O) groups is 1. The van der Waals surface area contributed by atoms with Crippen molar-refractivity contribution in [2.24, 2.45) is 0 Å². The highest BCUT2D eigenvalue weighted by molar-refractivity contribution is 5.93. The molecule has 1 N–H and O–H groups in total. The molecule has 0 aromatic carbocycles. The molecule has 1 aromatic heterocycles. The van der Waals surface area contributed by atoms with Crippen LogP contribution >= 0.6 is 0 Å². The van der Waals surface area contributed by atoms with Crippen molar-refractivity contribution in [3.63, 3.8) is 0 Å². The van der Waals surface area contributed by atoms with E-state index in [4.69, 9.17) is 9.47 Å². The fourth-order valence-electron chi connectivity index (χ4n) is 3.04. The number of piperazine rings is 1. The number of rotatable bonds is 6. The number of carbonyl (C=O) groups excluding carboxylic acids is 1. The van der Waals surface area contributed by atoms with Crippen molar-refractivity contribution >= 4 is 17.4 Å². The molecule has 138 valence electrons. The van der Waals surface area contributed by atoms with E-state index in [-0.39, 0.29) is 12.0 Å². The van der Waals surface area contributed by atoms with Crippen molar-refractivity contribution in [1.29, 1.82) is 0 Å². The largest absolute Gasteiger partial charge is 0.376 e. The lowest BCUT2D eigenvalue weighted by Crippen LogP contribution is -2.44. The zero-order valence-electron chi connectivity index (χ0n) is 15.1. The second-order valence-corrected chi connectivity index (χ2v) is 6.79. The van der Waals surface area contributed by atoms with Gasteiger partial charge in [-0.25, -0.2) is 4.98 Å². The smallest absolute Gasteiger partial charge is 0.254 e. The third kappa shape index (κ3) is 5.14. The van der Waals surface area contributed by atoms with E-state index in [1.807, 2.05) is 18.3 Å². The molecule has 1 amide bonds. The minimum absolute atomic E-state index is 0.122. The first-order chi connectivity index (χ1) is 12.1. The average Bonchev–Trinajstić information content (AvgIpc) is 3.14. The van der Waals surface area contributed by atoms with Crippen LogP contribution < -0.4 is 10.2 Å². The lowest BCUT2D eigenvalue weighted by molar-refractivity contribution is -0.128. The topological polar surface area (TPSA) is 66.9 Å². The number of amides is 1. The fourth-order valence-corrected chi connectivity index (χ4v) is 3.04. The van der Waals surface area contributed by atoms with E-state index in [1.54, 1.807) is 6.92 Å². The van der Waals surface area contributed by atoms with Gasteiger partial charge in [0, 0.05) is 32.8 Å².